The number of aliphatic hydroxyl groups excluding tert-OH is 1. The van der Waals surface area contributed by atoms with Crippen LogP contribution in [0.3, 0.4) is 0 Å². The number of esters is 2. The van der Waals surface area contributed by atoms with Gasteiger partial charge in [0.05, 0.1) is 32.2 Å². The number of anilines is 1. The Balaban J connectivity index is 1.57. The van der Waals surface area contributed by atoms with Crippen LogP contribution in [-0.2, 0) is 32.9 Å². The molecule has 17 nitrogen and oxygen atoms in total. The van der Waals surface area contributed by atoms with Crippen LogP contribution in [0, 0.1) is 11.8 Å². The smallest absolute Gasteiger partial charge is 0.342 e. The number of ether oxygens (including phenoxy) is 3. The fourth-order valence-corrected chi connectivity index (χ4v) is 7.73. The molecular formula is C28H46N7O10P. The van der Waals surface area contributed by atoms with Crippen molar-refractivity contribution in [3.05, 3.63) is 16.7 Å². The van der Waals surface area contributed by atoms with E-state index >= 15 is 0 Å². The van der Waals surface area contributed by atoms with Gasteiger partial charge in [-0.1, -0.05) is 27.7 Å². The van der Waals surface area contributed by atoms with E-state index in [1.807, 2.05) is 27.7 Å². The van der Waals surface area contributed by atoms with Gasteiger partial charge in [0, 0.05) is 6.42 Å². The van der Waals surface area contributed by atoms with E-state index in [0.717, 1.165) is 0 Å². The van der Waals surface area contributed by atoms with Gasteiger partial charge in [-0.25, -0.2) is 15.2 Å². The highest BCUT2D eigenvalue weighted by Gasteiger charge is 2.66. The predicted octanol–water partition coefficient (Wildman–Crippen LogP) is 0.766. The lowest BCUT2D eigenvalue weighted by molar-refractivity contribution is -0.170. The van der Waals surface area contributed by atoms with E-state index in [1.54, 1.807) is 18.4 Å². The zero-order valence-corrected chi connectivity index (χ0v) is 27.9. The molecule has 1 saturated carbocycles. The quantitative estimate of drug-likeness (QED) is 0.107. The van der Waals surface area contributed by atoms with E-state index < -0.39 is 73.8 Å². The predicted molar refractivity (Wildman–Crippen MR) is 165 cm³/mol. The van der Waals surface area contributed by atoms with Gasteiger partial charge in [0.1, 0.15) is 36.0 Å². The highest BCUT2D eigenvalue weighted by atomic mass is 31.2. The summed E-state index contributed by atoms with van der Waals surface area (Å²) in [7, 11) is -4.28. The van der Waals surface area contributed by atoms with Crippen molar-refractivity contribution in [1.29, 1.82) is 0 Å². The zero-order valence-electron chi connectivity index (χ0n) is 27.0. The van der Waals surface area contributed by atoms with Crippen LogP contribution in [-0.4, -0.2) is 97.5 Å². The molecular weight excluding hydrogens is 625 g/mol. The van der Waals surface area contributed by atoms with Gasteiger partial charge in [0.15, 0.2) is 11.2 Å². The van der Waals surface area contributed by atoms with Crippen molar-refractivity contribution in [3.63, 3.8) is 0 Å². The summed E-state index contributed by atoms with van der Waals surface area (Å²) in [5.41, 5.74) is 3.75. The molecule has 0 amide bonds. The number of aromatic nitrogens is 4. The van der Waals surface area contributed by atoms with Gasteiger partial charge >= 0.3 is 19.6 Å². The average Bonchev–Trinajstić information content (AvgIpc) is 3.45. The number of aromatic amines is 1. The Kier molecular flexibility index (Phi) is 11.3. The molecule has 0 radical (unpaired) electrons. The number of rotatable bonds is 16. The van der Waals surface area contributed by atoms with Crippen LogP contribution in [0.5, 0.6) is 0 Å². The molecule has 2 unspecified atom stereocenters. The first-order valence-corrected chi connectivity index (χ1v) is 17.2. The molecule has 2 aromatic rings. The first-order valence-electron chi connectivity index (χ1n) is 15.5. The Morgan fingerprint density at radius 2 is 1.72 bits per heavy atom. The molecule has 2 aromatic heterocycles. The number of hydrogen-bond donors (Lipinski definition) is 6. The molecule has 0 spiro atoms. The fourth-order valence-electron chi connectivity index (χ4n) is 5.91. The monoisotopic (exact) mass is 671 g/mol. The van der Waals surface area contributed by atoms with Crippen LogP contribution < -0.4 is 21.5 Å². The average molecular weight is 672 g/mol. The molecule has 4 rings (SSSR count). The fraction of sp³-hybridized carbons (Fsp3) is 0.750. The minimum Gasteiger partial charge on any atom is -0.465 e. The molecule has 46 heavy (non-hydrogen) atoms. The Morgan fingerprint density at radius 3 is 2.24 bits per heavy atom. The van der Waals surface area contributed by atoms with Crippen LogP contribution in [0.1, 0.15) is 66.8 Å². The number of imidazole rings is 1. The van der Waals surface area contributed by atoms with Crippen LogP contribution in [0.15, 0.2) is 11.1 Å². The van der Waals surface area contributed by atoms with E-state index in [2.05, 4.69) is 25.1 Å². The molecule has 2 aliphatic rings. The molecule has 7 atom stereocenters. The van der Waals surface area contributed by atoms with Crippen LogP contribution in [0.4, 0.5) is 5.95 Å². The third kappa shape index (κ3) is 7.62. The van der Waals surface area contributed by atoms with E-state index in [-0.39, 0.29) is 61.4 Å². The van der Waals surface area contributed by atoms with Gasteiger partial charge in [-0.2, -0.15) is 4.98 Å². The van der Waals surface area contributed by atoms with Crippen molar-refractivity contribution >= 4 is 36.7 Å². The van der Waals surface area contributed by atoms with Crippen molar-refractivity contribution in [2.75, 3.05) is 25.6 Å². The summed E-state index contributed by atoms with van der Waals surface area (Å²) >= 11 is 0. The molecule has 2 fully saturated rings. The Labute approximate surface area is 266 Å². The third-order valence-electron chi connectivity index (χ3n) is 8.00. The van der Waals surface area contributed by atoms with E-state index in [4.69, 9.17) is 24.5 Å². The van der Waals surface area contributed by atoms with Crippen LogP contribution >= 0.6 is 7.67 Å². The number of nitrogen functional groups attached to an aromatic ring is 1. The Morgan fingerprint density at radius 1 is 1.15 bits per heavy atom. The number of carbonyl (C=O) groups excluding carboxylic acids is 2. The first kappa shape index (κ1) is 35.9. The number of nitrogens with zero attached hydrogens (tertiary/aromatic N) is 3. The SMILES string of the molecule is CCOC(=O)[C@H](CC(C)C)NP(=O)(N[C@@H](CC(C)C)C(=O)OCC)OC[C@H]1O[C@H]2C(n3cnc4c(=O)[nH]c(N)nc43)C[C@]2(O)C1O. The second kappa shape index (κ2) is 14.5. The number of hydrogen-bond acceptors (Lipinski definition) is 13. The lowest BCUT2D eigenvalue weighted by Crippen LogP contribution is -2.61. The molecule has 0 bridgehead atoms. The molecule has 7 N–H and O–H groups in total. The summed E-state index contributed by atoms with van der Waals surface area (Å²) in [6.45, 7) is 10.5. The maximum absolute atomic E-state index is 14.5. The van der Waals surface area contributed by atoms with Crippen molar-refractivity contribution in [3.8, 4) is 0 Å². The van der Waals surface area contributed by atoms with E-state index in [1.165, 1.54) is 6.33 Å². The zero-order chi connectivity index (χ0) is 34.0. The summed E-state index contributed by atoms with van der Waals surface area (Å²) < 4.78 is 38.4. The van der Waals surface area contributed by atoms with Gasteiger partial charge in [0.2, 0.25) is 5.95 Å². The summed E-state index contributed by atoms with van der Waals surface area (Å²) in [5, 5.41) is 28.0. The second-order valence-corrected chi connectivity index (χ2v) is 14.4. The van der Waals surface area contributed by atoms with Crippen molar-refractivity contribution < 1.29 is 43.1 Å². The summed E-state index contributed by atoms with van der Waals surface area (Å²) in [4.78, 5) is 48.6. The number of carbonyl (C=O) groups is 2. The number of aliphatic hydroxyl groups is 2. The maximum Gasteiger partial charge on any atom is 0.342 e. The third-order valence-corrected chi connectivity index (χ3v) is 9.82. The van der Waals surface area contributed by atoms with E-state index in [0.29, 0.717) is 0 Å². The topological polar surface area (TPSA) is 242 Å². The van der Waals surface area contributed by atoms with Crippen LogP contribution in [0.2, 0.25) is 0 Å². The summed E-state index contributed by atoms with van der Waals surface area (Å²) in [5.74, 6) is -1.42. The van der Waals surface area contributed by atoms with Gasteiger partial charge in [0.25, 0.3) is 5.56 Å². The normalized spacial score (nSPS) is 25.8. The number of H-pyrrole nitrogens is 1. The van der Waals surface area contributed by atoms with Crippen molar-refractivity contribution in [1.82, 2.24) is 29.7 Å². The highest BCUT2D eigenvalue weighted by Crippen LogP contribution is 2.53. The molecule has 1 aliphatic carbocycles. The first-order chi connectivity index (χ1) is 21.6. The minimum atomic E-state index is -4.28. The minimum absolute atomic E-state index is 0.00616. The Bertz CT molecular complexity index is 1460. The lowest BCUT2D eigenvalue weighted by Gasteiger charge is -2.47. The summed E-state index contributed by atoms with van der Waals surface area (Å²) in [6.07, 6.45) is -1.67. The number of fused-ring (bicyclic) bond motifs is 2. The molecule has 0 aromatic carbocycles. The van der Waals surface area contributed by atoms with Gasteiger partial charge in [-0.3, -0.25) is 23.9 Å². The van der Waals surface area contributed by atoms with Crippen LogP contribution in [0.25, 0.3) is 11.2 Å². The molecule has 18 heteroatoms. The molecule has 258 valence electrons. The Hall–Kier alpha value is -2.92. The largest absolute Gasteiger partial charge is 0.465 e. The maximum atomic E-state index is 14.5. The van der Waals surface area contributed by atoms with Gasteiger partial charge < -0.3 is 39.2 Å². The molecule has 3 heterocycles. The van der Waals surface area contributed by atoms with E-state index in [9.17, 15) is 29.2 Å². The summed E-state index contributed by atoms with van der Waals surface area (Å²) in [6, 6.07) is -2.68. The second-order valence-electron chi connectivity index (χ2n) is 12.6. The molecule has 1 aliphatic heterocycles. The van der Waals surface area contributed by atoms with Gasteiger partial charge in [-0.05, 0) is 38.5 Å². The van der Waals surface area contributed by atoms with Gasteiger partial charge in [-0.15, -0.1) is 0 Å². The number of nitrogens with two attached hydrogens (primary N) is 1. The standard InChI is InChI=1S/C28H46N7O10P/c1-7-42-25(38)16(9-14(3)4)33-46(41,34-17(10-15(5)6)26(39)43-8-2)44-12-19-21(36)28(40)11-18(22(28)45-19)35-13-30-20-23(35)31-27(29)32-24(20)37/h13-19,21-22,36,40H,7-12H2,1-6H3,(H2,33,34,41)(H3,29,31,32,37)/t16-,17-,18?,19+,21?,22-,28-/m0/s1. The molecule has 1 saturated heterocycles. The van der Waals surface area contributed by atoms with Crippen molar-refractivity contribution in [2.24, 2.45) is 11.8 Å². The van der Waals surface area contributed by atoms with Crippen molar-refractivity contribution in [2.45, 2.75) is 103 Å². The lowest BCUT2D eigenvalue weighted by atomic mass is 9.70. The highest BCUT2D eigenvalue weighted by molar-refractivity contribution is 7.54. The number of nitrogens with one attached hydrogen (secondary N) is 3.